The van der Waals surface area contributed by atoms with Crippen molar-refractivity contribution in [3.63, 3.8) is 0 Å². The zero-order valence-corrected chi connectivity index (χ0v) is 9.60. The van der Waals surface area contributed by atoms with Crippen LogP contribution in [-0.4, -0.2) is 21.0 Å². The van der Waals surface area contributed by atoms with Gasteiger partial charge in [0.05, 0.1) is 12.1 Å². The highest BCUT2D eigenvalue weighted by molar-refractivity contribution is 5.67. The molecule has 0 fully saturated rings. The molecule has 2 rings (SSSR count). The monoisotopic (exact) mass is 230 g/mol. The molecule has 1 aromatic heterocycles. The van der Waals surface area contributed by atoms with Crippen LogP contribution in [0, 0.1) is 6.92 Å². The number of H-pyrrole nitrogens is 1. The number of rotatable bonds is 4. The van der Waals surface area contributed by atoms with Crippen LogP contribution >= 0.6 is 0 Å². The zero-order valence-electron chi connectivity index (χ0n) is 9.60. The molecule has 17 heavy (non-hydrogen) atoms. The predicted octanol–water partition coefficient (Wildman–Crippen LogP) is 2.40. The van der Waals surface area contributed by atoms with Crippen molar-refractivity contribution in [3.05, 3.63) is 41.9 Å². The highest BCUT2D eigenvalue weighted by Crippen LogP contribution is 2.20. The van der Waals surface area contributed by atoms with Gasteiger partial charge in [0.2, 0.25) is 0 Å². The van der Waals surface area contributed by atoms with Crippen molar-refractivity contribution < 1.29 is 9.90 Å². The fourth-order valence-electron chi connectivity index (χ4n) is 1.74. The van der Waals surface area contributed by atoms with Gasteiger partial charge in [0.25, 0.3) is 0 Å². The summed E-state index contributed by atoms with van der Waals surface area (Å²) in [7, 11) is 0. The number of carboxylic acid groups (broad SMARTS) is 1. The van der Waals surface area contributed by atoms with Gasteiger partial charge in [0, 0.05) is 17.7 Å². The molecule has 0 aliphatic heterocycles. The van der Waals surface area contributed by atoms with E-state index in [4.69, 9.17) is 5.11 Å². The highest BCUT2D eigenvalue weighted by Gasteiger charge is 2.09. The van der Waals surface area contributed by atoms with Crippen LogP contribution in [0.3, 0.4) is 0 Å². The maximum Gasteiger partial charge on any atom is 0.303 e. The number of carbonyl (C=O) groups is 1. The van der Waals surface area contributed by atoms with Crippen molar-refractivity contribution in [1.29, 1.82) is 0 Å². The Hall–Kier alpha value is -2.10. The molecule has 2 aromatic rings. The van der Waals surface area contributed by atoms with E-state index >= 15 is 0 Å². The summed E-state index contributed by atoms with van der Waals surface area (Å²) in [6, 6.07) is 9.85. The molecule has 0 aliphatic rings. The third kappa shape index (κ3) is 2.72. The fourth-order valence-corrected chi connectivity index (χ4v) is 1.74. The number of aryl methyl sites for hydroxylation is 2. The van der Waals surface area contributed by atoms with Crippen molar-refractivity contribution in [2.45, 2.75) is 19.8 Å². The second-order valence-electron chi connectivity index (χ2n) is 3.92. The van der Waals surface area contributed by atoms with Crippen molar-refractivity contribution in [2.75, 3.05) is 0 Å². The Labute approximate surface area is 99.3 Å². The number of nitrogens with one attached hydrogen (secondary N) is 1. The van der Waals surface area contributed by atoms with E-state index < -0.39 is 5.97 Å². The number of hydrogen-bond donors (Lipinski definition) is 2. The summed E-state index contributed by atoms with van der Waals surface area (Å²) in [6.07, 6.45) is 0.532. The maximum absolute atomic E-state index is 10.5. The minimum absolute atomic E-state index is 0.0984. The van der Waals surface area contributed by atoms with E-state index in [1.165, 1.54) is 0 Å². The average Bonchev–Trinajstić information content (AvgIpc) is 2.69. The van der Waals surface area contributed by atoms with Gasteiger partial charge in [-0.15, -0.1) is 0 Å². The molecule has 0 radical (unpaired) electrons. The Balaban J connectivity index is 2.22. The number of carboxylic acids is 1. The summed E-state index contributed by atoms with van der Waals surface area (Å²) >= 11 is 0. The summed E-state index contributed by atoms with van der Waals surface area (Å²) in [5.74, 6) is -0.0796. The van der Waals surface area contributed by atoms with Crippen LogP contribution in [0.5, 0.6) is 0 Å². The van der Waals surface area contributed by atoms with Gasteiger partial charge in [-0.05, 0) is 6.92 Å². The smallest absolute Gasteiger partial charge is 0.303 e. The lowest BCUT2D eigenvalue weighted by molar-refractivity contribution is -0.137. The fraction of sp³-hybridized carbons (Fsp3) is 0.231. The molecule has 0 aliphatic carbocycles. The lowest BCUT2D eigenvalue weighted by atomic mass is 10.1. The van der Waals surface area contributed by atoms with Crippen molar-refractivity contribution in [1.82, 2.24) is 9.97 Å². The summed E-state index contributed by atoms with van der Waals surface area (Å²) in [5.41, 5.74) is 2.91. The highest BCUT2D eigenvalue weighted by atomic mass is 16.4. The Kier molecular flexibility index (Phi) is 3.23. The van der Waals surface area contributed by atoms with E-state index in [-0.39, 0.29) is 6.42 Å². The summed E-state index contributed by atoms with van der Waals surface area (Å²) in [6.45, 7) is 1.94. The first kappa shape index (κ1) is 11.4. The third-order valence-corrected chi connectivity index (χ3v) is 2.56. The van der Waals surface area contributed by atoms with Crippen LogP contribution < -0.4 is 0 Å². The van der Waals surface area contributed by atoms with Crippen LogP contribution in [0.15, 0.2) is 30.3 Å². The normalized spacial score (nSPS) is 10.4. The molecule has 88 valence electrons. The number of benzene rings is 1. The summed E-state index contributed by atoms with van der Waals surface area (Å²) in [5, 5.41) is 8.63. The molecule has 4 heteroatoms. The van der Waals surface area contributed by atoms with E-state index in [9.17, 15) is 4.79 Å². The first-order chi connectivity index (χ1) is 8.16. The van der Waals surface area contributed by atoms with Crippen LogP contribution in [0.2, 0.25) is 0 Å². The van der Waals surface area contributed by atoms with Crippen molar-refractivity contribution >= 4 is 5.97 Å². The van der Waals surface area contributed by atoms with Crippen molar-refractivity contribution in [3.8, 4) is 11.3 Å². The zero-order chi connectivity index (χ0) is 12.3. The van der Waals surface area contributed by atoms with Crippen molar-refractivity contribution in [2.24, 2.45) is 0 Å². The molecule has 4 nitrogen and oxygen atoms in total. The number of imidazole rings is 1. The van der Waals surface area contributed by atoms with E-state index in [1.54, 1.807) is 0 Å². The molecule has 0 saturated heterocycles. The summed E-state index contributed by atoms with van der Waals surface area (Å²) in [4.78, 5) is 18.0. The van der Waals surface area contributed by atoms with Gasteiger partial charge in [-0.2, -0.15) is 0 Å². The maximum atomic E-state index is 10.5. The Bertz CT molecular complexity index is 517. The van der Waals surface area contributed by atoms with E-state index in [0.29, 0.717) is 6.42 Å². The van der Waals surface area contributed by atoms with Gasteiger partial charge < -0.3 is 10.1 Å². The standard InChI is InChI=1S/C13H14N2O2/c1-9-13(10-5-3-2-4-6-10)15-11(14-9)7-8-12(16)17/h2-6H,7-8H2,1H3,(H,14,15)(H,16,17). The van der Waals surface area contributed by atoms with E-state index in [0.717, 1.165) is 22.8 Å². The largest absolute Gasteiger partial charge is 0.481 e. The molecule has 0 bridgehead atoms. The molecular weight excluding hydrogens is 216 g/mol. The quantitative estimate of drug-likeness (QED) is 0.847. The minimum atomic E-state index is -0.805. The molecular formula is C13H14N2O2. The van der Waals surface area contributed by atoms with Gasteiger partial charge in [-0.25, -0.2) is 4.98 Å². The second kappa shape index (κ2) is 4.82. The van der Waals surface area contributed by atoms with E-state index in [2.05, 4.69) is 9.97 Å². The number of aliphatic carboxylic acids is 1. The molecule has 0 atom stereocenters. The topological polar surface area (TPSA) is 66.0 Å². The van der Waals surface area contributed by atoms with Gasteiger partial charge in [0.15, 0.2) is 0 Å². The number of aromatic nitrogens is 2. The van der Waals surface area contributed by atoms with Gasteiger partial charge >= 0.3 is 5.97 Å². The number of aromatic amines is 1. The Morgan fingerprint density at radius 2 is 2.06 bits per heavy atom. The molecule has 0 unspecified atom stereocenters. The van der Waals surface area contributed by atoms with Gasteiger partial charge in [-0.1, -0.05) is 30.3 Å². The lowest BCUT2D eigenvalue weighted by Gasteiger charge is -1.96. The molecule has 1 heterocycles. The van der Waals surface area contributed by atoms with E-state index in [1.807, 2.05) is 37.3 Å². The first-order valence-corrected chi connectivity index (χ1v) is 5.49. The average molecular weight is 230 g/mol. The molecule has 1 aromatic carbocycles. The minimum Gasteiger partial charge on any atom is -0.481 e. The summed E-state index contributed by atoms with van der Waals surface area (Å²) < 4.78 is 0. The third-order valence-electron chi connectivity index (χ3n) is 2.56. The van der Waals surface area contributed by atoms with Crippen LogP contribution in [0.4, 0.5) is 0 Å². The first-order valence-electron chi connectivity index (χ1n) is 5.49. The lowest BCUT2D eigenvalue weighted by Crippen LogP contribution is -1.98. The van der Waals surface area contributed by atoms with Gasteiger partial charge in [-0.3, -0.25) is 4.79 Å². The SMILES string of the molecule is Cc1[nH]c(CCC(=O)O)nc1-c1ccccc1. The molecule has 0 amide bonds. The van der Waals surface area contributed by atoms with Gasteiger partial charge in [0.1, 0.15) is 5.82 Å². The number of hydrogen-bond acceptors (Lipinski definition) is 2. The van der Waals surface area contributed by atoms with Crippen LogP contribution in [-0.2, 0) is 11.2 Å². The van der Waals surface area contributed by atoms with Crippen LogP contribution in [0.25, 0.3) is 11.3 Å². The predicted molar refractivity (Wildman–Crippen MR) is 64.7 cm³/mol. The molecule has 2 N–H and O–H groups in total. The number of nitrogens with zero attached hydrogens (tertiary/aromatic N) is 1. The second-order valence-corrected chi connectivity index (χ2v) is 3.92. The molecule has 0 saturated carbocycles. The Morgan fingerprint density at radius 3 is 2.71 bits per heavy atom. The van der Waals surface area contributed by atoms with Crippen LogP contribution in [0.1, 0.15) is 17.9 Å². The molecule has 0 spiro atoms. The Morgan fingerprint density at radius 1 is 1.35 bits per heavy atom.